The molecule has 1 aromatic carbocycles. The van der Waals surface area contributed by atoms with Crippen LogP contribution in [0.4, 0.5) is 11.4 Å². The average molecular weight is 279 g/mol. The molecule has 2 N–H and O–H groups in total. The van der Waals surface area contributed by atoms with Crippen LogP contribution in [0, 0.1) is 20.2 Å². The minimum Gasteiger partial charge on any atom is -0.503 e. The lowest BCUT2D eigenvalue weighted by Crippen LogP contribution is -2.03. The molecule has 1 heterocycles. The van der Waals surface area contributed by atoms with Crippen LogP contribution < -0.4 is 11.0 Å². The number of nitro groups is 2. The molecule has 2 rings (SSSR count). The number of nitrogens with zero attached hydrogens (tertiary/aromatic N) is 2. The van der Waals surface area contributed by atoms with Crippen LogP contribution in [0.3, 0.4) is 0 Å². The fraction of sp³-hybridized carbons (Fsp3) is 0. The van der Waals surface area contributed by atoms with Gasteiger partial charge in [0, 0.05) is 18.2 Å². The van der Waals surface area contributed by atoms with Crippen molar-refractivity contribution in [3.63, 3.8) is 0 Å². The van der Waals surface area contributed by atoms with Crippen molar-refractivity contribution in [2.75, 3.05) is 0 Å². The van der Waals surface area contributed by atoms with Gasteiger partial charge in [0.05, 0.1) is 9.85 Å². The van der Waals surface area contributed by atoms with Gasteiger partial charge < -0.3 is 10.1 Å². The van der Waals surface area contributed by atoms with Gasteiger partial charge in [-0.2, -0.15) is 0 Å². The number of aromatic amines is 1. The van der Waals surface area contributed by atoms with Crippen LogP contribution in [0.1, 0.15) is 0 Å². The number of nitro benzene ring substituents is 2. The largest absolute Gasteiger partial charge is 0.503 e. The van der Waals surface area contributed by atoms with Gasteiger partial charge >= 0.3 is 0 Å². The Bertz CT molecular complexity index is 871. The third-order valence-electron chi connectivity index (χ3n) is 2.54. The van der Waals surface area contributed by atoms with Gasteiger partial charge in [0.2, 0.25) is 0 Å². The molecule has 0 aliphatic carbocycles. The molecule has 0 atom stereocenters. The maximum atomic E-state index is 11.8. The van der Waals surface area contributed by atoms with Crippen molar-refractivity contribution in [3.05, 3.63) is 59.0 Å². The van der Waals surface area contributed by atoms with E-state index in [-0.39, 0.29) is 0 Å². The Hall–Kier alpha value is -3.30. The second-order valence-electron chi connectivity index (χ2n) is 3.72. The SMILES string of the molecule is O=c1[nH]c2c([N+](=O)[O-])ccc([N+](=O)[O-])c2c(=O)cc1O. The van der Waals surface area contributed by atoms with Crippen molar-refractivity contribution in [1.82, 2.24) is 4.98 Å². The molecule has 0 radical (unpaired) electrons. The molecule has 0 spiro atoms. The van der Waals surface area contributed by atoms with Gasteiger partial charge in [0.15, 0.2) is 11.2 Å². The van der Waals surface area contributed by atoms with Crippen LogP contribution in [-0.4, -0.2) is 19.9 Å². The van der Waals surface area contributed by atoms with Crippen molar-refractivity contribution < 1.29 is 15.0 Å². The molecule has 0 aliphatic rings. The minimum atomic E-state index is -1.17. The lowest BCUT2D eigenvalue weighted by Gasteiger charge is -1.97. The molecule has 0 amide bonds. The molecule has 2 aromatic rings. The van der Waals surface area contributed by atoms with Gasteiger partial charge in [-0.3, -0.25) is 29.8 Å². The highest BCUT2D eigenvalue weighted by atomic mass is 16.6. The van der Waals surface area contributed by atoms with Gasteiger partial charge in [-0.15, -0.1) is 0 Å². The van der Waals surface area contributed by atoms with E-state index in [1.54, 1.807) is 0 Å². The van der Waals surface area contributed by atoms with Crippen molar-refractivity contribution in [3.8, 4) is 5.75 Å². The smallest absolute Gasteiger partial charge is 0.294 e. The number of H-pyrrole nitrogens is 1. The van der Waals surface area contributed by atoms with E-state index in [2.05, 4.69) is 0 Å². The molecule has 10 nitrogen and oxygen atoms in total. The maximum absolute atomic E-state index is 11.8. The number of aromatic nitrogens is 1. The molecule has 102 valence electrons. The van der Waals surface area contributed by atoms with E-state index in [1.807, 2.05) is 4.98 Å². The molecule has 0 fully saturated rings. The summed E-state index contributed by atoms with van der Waals surface area (Å²) in [4.78, 5) is 45.0. The summed E-state index contributed by atoms with van der Waals surface area (Å²) >= 11 is 0. The van der Waals surface area contributed by atoms with Crippen LogP contribution >= 0.6 is 0 Å². The highest BCUT2D eigenvalue weighted by Crippen LogP contribution is 2.28. The molecule has 0 bridgehead atoms. The van der Waals surface area contributed by atoms with E-state index in [0.717, 1.165) is 12.1 Å². The average Bonchev–Trinajstić information content (AvgIpc) is 2.46. The molecule has 0 saturated heterocycles. The third-order valence-corrected chi connectivity index (χ3v) is 2.54. The lowest BCUT2D eigenvalue weighted by molar-refractivity contribution is -0.386. The number of benzene rings is 1. The fourth-order valence-corrected chi connectivity index (χ4v) is 1.70. The fourth-order valence-electron chi connectivity index (χ4n) is 1.70. The number of non-ortho nitro benzene ring substituents is 2. The Balaban J connectivity index is 3.22. The van der Waals surface area contributed by atoms with Crippen LogP contribution in [0.2, 0.25) is 0 Å². The molecule has 10 heteroatoms. The number of hydrogen-bond acceptors (Lipinski definition) is 7. The summed E-state index contributed by atoms with van der Waals surface area (Å²) in [5.41, 5.74) is -4.25. The molecule has 1 aromatic heterocycles. The van der Waals surface area contributed by atoms with Crippen LogP contribution in [0.5, 0.6) is 5.75 Å². The summed E-state index contributed by atoms with van der Waals surface area (Å²) in [6.45, 7) is 0. The summed E-state index contributed by atoms with van der Waals surface area (Å²) in [6, 6.07) is 2.06. The van der Waals surface area contributed by atoms with Gasteiger partial charge in [-0.1, -0.05) is 0 Å². The van der Waals surface area contributed by atoms with E-state index in [0.29, 0.717) is 6.07 Å². The molecular weight excluding hydrogens is 274 g/mol. The molecular formula is C10H5N3O7. The van der Waals surface area contributed by atoms with E-state index in [9.17, 15) is 34.9 Å². The third kappa shape index (κ3) is 1.94. The number of nitrogens with one attached hydrogen (secondary N) is 1. The number of rotatable bonds is 2. The predicted octanol–water partition coefficient (Wildman–Crippen LogP) is 0.410. The normalized spacial score (nSPS) is 10.4. The van der Waals surface area contributed by atoms with Crippen LogP contribution in [-0.2, 0) is 0 Å². The standard InChI is InChI=1S/C10H5N3O7/c14-6-3-7(15)10(16)11-9-5(13(19)20)2-1-4(8(6)9)12(17)18/h1-3,15H,(H,11,16). The predicted molar refractivity (Wildman–Crippen MR) is 65.8 cm³/mol. The quantitative estimate of drug-likeness (QED) is 0.595. The summed E-state index contributed by atoms with van der Waals surface area (Å²) in [6.07, 6.45) is 0. The molecule has 20 heavy (non-hydrogen) atoms. The molecule has 0 aliphatic heterocycles. The van der Waals surface area contributed by atoms with E-state index < -0.39 is 48.9 Å². The second kappa shape index (κ2) is 4.42. The molecule has 0 saturated carbocycles. The Labute approximate surface area is 108 Å². The van der Waals surface area contributed by atoms with E-state index >= 15 is 0 Å². The van der Waals surface area contributed by atoms with E-state index in [4.69, 9.17) is 0 Å². The number of hydrogen-bond donors (Lipinski definition) is 2. The summed E-state index contributed by atoms with van der Waals surface area (Å²) < 4.78 is 0. The van der Waals surface area contributed by atoms with Crippen LogP contribution in [0.15, 0.2) is 27.8 Å². The number of fused-ring (bicyclic) bond motifs is 1. The maximum Gasteiger partial charge on any atom is 0.294 e. The number of aromatic hydroxyl groups is 1. The first-order valence-corrected chi connectivity index (χ1v) is 5.05. The van der Waals surface area contributed by atoms with Gasteiger partial charge in [-0.25, -0.2) is 0 Å². The Morgan fingerprint density at radius 1 is 1.05 bits per heavy atom. The Morgan fingerprint density at radius 2 is 1.60 bits per heavy atom. The van der Waals surface area contributed by atoms with Crippen molar-refractivity contribution >= 4 is 22.3 Å². The molecule has 0 unspecified atom stereocenters. The highest BCUT2D eigenvalue weighted by molar-refractivity contribution is 5.93. The summed E-state index contributed by atoms with van der Waals surface area (Å²) in [5, 5.41) is 30.3. The van der Waals surface area contributed by atoms with Crippen LogP contribution in [0.25, 0.3) is 10.9 Å². The van der Waals surface area contributed by atoms with Gasteiger partial charge in [0.1, 0.15) is 10.9 Å². The van der Waals surface area contributed by atoms with Gasteiger partial charge in [-0.05, 0) is 0 Å². The minimum absolute atomic E-state index is 0.470. The van der Waals surface area contributed by atoms with Crippen molar-refractivity contribution in [2.45, 2.75) is 0 Å². The first-order valence-electron chi connectivity index (χ1n) is 5.05. The van der Waals surface area contributed by atoms with Crippen molar-refractivity contribution in [2.24, 2.45) is 0 Å². The van der Waals surface area contributed by atoms with E-state index in [1.165, 1.54) is 0 Å². The first kappa shape index (κ1) is 13.1. The monoisotopic (exact) mass is 279 g/mol. The van der Waals surface area contributed by atoms with Crippen molar-refractivity contribution in [1.29, 1.82) is 0 Å². The topological polar surface area (TPSA) is 156 Å². The van der Waals surface area contributed by atoms with Gasteiger partial charge in [0.25, 0.3) is 16.9 Å². The zero-order chi connectivity index (χ0) is 15.0. The summed E-state index contributed by atoms with van der Waals surface area (Å²) in [7, 11) is 0. The highest BCUT2D eigenvalue weighted by Gasteiger charge is 2.23. The zero-order valence-electron chi connectivity index (χ0n) is 9.52. The second-order valence-corrected chi connectivity index (χ2v) is 3.72. The first-order chi connectivity index (χ1) is 9.32. The Kier molecular flexibility index (Phi) is 2.90. The summed E-state index contributed by atoms with van der Waals surface area (Å²) in [5.74, 6) is -0.991. The Morgan fingerprint density at radius 3 is 2.15 bits per heavy atom. The lowest BCUT2D eigenvalue weighted by atomic mass is 10.1. The zero-order valence-corrected chi connectivity index (χ0v) is 9.52.